The Labute approximate surface area is 209 Å². The molecule has 1 N–H and O–H groups in total. The van der Waals surface area contributed by atoms with Gasteiger partial charge in [0, 0.05) is 31.1 Å². The highest BCUT2D eigenvalue weighted by Gasteiger charge is 2.17. The number of hydrogen-bond donors (Lipinski definition) is 1. The van der Waals surface area contributed by atoms with Crippen LogP contribution < -0.4 is 0 Å². The third-order valence-corrected chi connectivity index (χ3v) is 6.11. The van der Waals surface area contributed by atoms with Crippen molar-refractivity contribution in [3.05, 3.63) is 95.4 Å². The van der Waals surface area contributed by atoms with Gasteiger partial charge in [0.15, 0.2) is 0 Å². The van der Waals surface area contributed by atoms with Gasteiger partial charge in [-0.15, -0.1) is 0 Å². The Morgan fingerprint density at radius 2 is 1.69 bits per heavy atom. The first-order valence-corrected chi connectivity index (χ1v) is 11.9. The number of carbonyl (C=O) groups excluding carboxylic acids is 1. The van der Waals surface area contributed by atoms with Gasteiger partial charge >= 0.3 is 5.97 Å². The van der Waals surface area contributed by atoms with Crippen LogP contribution in [0.25, 0.3) is 22.3 Å². The molecule has 0 fully saturated rings. The van der Waals surface area contributed by atoms with Gasteiger partial charge in [0.2, 0.25) is 0 Å². The van der Waals surface area contributed by atoms with Gasteiger partial charge in [-0.2, -0.15) is 0 Å². The van der Waals surface area contributed by atoms with Crippen molar-refractivity contribution >= 4 is 22.9 Å². The maximum absolute atomic E-state index is 13.2. The molecule has 4 rings (SSSR count). The van der Waals surface area contributed by atoms with Crippen LogP contribution in [0.3, 0.4) is 0 Å². The lowest BCUT2D eigenvalue weighted by molar-refractivity contribution is -0.138. The van der Waals surface area contributed by atoms with E-state index in [1.54, 1.807) is 42.3 Å². The first-order valence-electron chi connectivity index (χ1n) is 11.9. The number of aliphatic carboxylic acids is 1. The number of aryl methyl sites for hydroxylation is 1. The smallest absolute Gasteiger partial charge is 0.303 e. The van der Waals surface area contributed by atoms with Gasteiger partial charge in [-0.05, 0) is 54.7 Å². The highest BCUT2D eigenvalue weighted by molar-refractivity contribution is 5.97. The number of rotatable bonds is 9. The predicted octanol–water partition coefficient (Wildman–Crippen LogP) is 5.75. The number of carboxylic acid groups (broad SMARTS) is 1. The van der Waals surface area contributed by atoms with Crippen LogP contribution in [-0.2, 0) is 17.8 Å². The molecule has 7 heteroatoms. The lowest BCUT2D eigenvalue weighted by Crippen LogP contribution is -2.26. The van der Waals surface area contributed by atoms with E-state index < -0.39 is 5.97 Å². The molecule has 0 aliphatic carbocycles. The fourth-order valence-electron chi connectivity index (χ4n) is 4.16. The average molecular weight is 486 g/mol. The van der Waals surface area contributed by atoms with Crippen LogP contribution in [0.2, 0.25) is 0 Å². The average Bonchev–Trinajstić information content (AvgIpc) is 2.87. The second kappa shape index (κ2) is 11.1. The number of carboxylic acids is 1. The van der Waals surface area contributed by atoms with E-state index in [9.17, 15) is 14.0 Å². The summed E-state index contributed by atoms with van der Waals surface area (Å²) in [6.07, 6.45) is 1.33. The van der Waals surface area contributed by atoms with E-state index in [4.69, 9.17) is 15.1 Å². The zero-order chi connectivity index (χ0) is 25.7. The van der Waals surface area contributed by atoms with E-state index in [0.717, 1.165) is 22.5 Å². The van der Waals surface area contributed by atoms with Gasteiger partial charge in [-0.3, -0.25) is 9.59 Å². The van der Waals surface area contributed by atoms with Gasteiger partial charge < -0.3 is 10.0 Å². The summed E-state index contributed by atoms with van der Waals surface area (Å²) < 4.78 is 13.2. The second-order valence-corrected chi connectivity index (χ2v) is 9.12. The molecule has 1 heterocycles. The number of carbonyl (C=O) groups is 2. The third kappa shape index (κ3) is 6.10. The third-order valence-electron chi connectivity index (χ3n) is 6.11. The number of amides is 1. The van der Waals surface area contributed by atoms with Crippen molar-refractivity contribution in [2.75, 3.05) is 7.05 Å². The van der Waals surface area contributed by atoms with Gasteiger partial charge in [0.25, 0.3) is 5.91 Å². The van der Waals surface area contributed by atoms with E-state index in [2.05, 4.69) is 0 Å². The normalized spacial score (nSPS) is 11.9. The van der Waals surface area contributed by atoms with Gasteiger partial charge in [-0.25, -0.2) is 14.4 Å². The topological polar surface area (TPSA) is 83.4 Å². The van der Waals surface area contributed by atoms with Crippen molar-refractivity contribution in [3.63, 3.8) is 0 Å². The summed E-state index contributed by atoms with van der Waals surface area (Å²) in [5, 5.41) is 9.11. The van der Waals surface area contributed by atoms with E-state index in [1.165, 1.54) is 12.1 Å². The number of aromatic nitrogens is 2. The minimum absolute atomic E-state index is 0.00311. The summed E-state index contributed by atoms with van der Waals surface area (Å²) in [5.74, 6) is -1.31. The van der Waals surface area contributed by atoms with E-state index in [0.29, 0.717) is 36.0 Å². The van der Waals surface area contributed by atoms with Crippen molar-refractivity contribution in [2.24, 2.45) is 5.92 Å². The molecular weight excluding hydrogens is 457 g/mol. The fraction of sp³-hybridized carbons (Fsp3) is 0.241. The molecule has 1 atom stereocenters. The van der Waals surface area contributed by atoms with Crippen LogP contribution in [0, 0.1) is 11.7 Å². The second-order valence-electron chi connectivity index (χ2n) is 9.12. The Kier molecular flexibility index (Phi) is 7.68. The molecule has 0 saturated carbocycles. The van der Waals surface area contributed by atoms with Gasteiger partial charge in [0.1, 0.15) is 5.82 Å². The summed E-state index contributed by atoms with van der Waals surface area (Å²) in [7, 11) is 1.70. The minimum atomic E-state index is -0.816. The van der Waals surface area contributed by atoms with E-state index in [-0.39, 0.29) is 24.1 Å². The zero-order valence-electron chi connectivity index (χ0n) is 20.3. The first kappa shape index (κ1) is 25.0. The van der Waals surface area contributed by atoms with Crippen molar-refractivity contribution in [1.29, 1.82) is 0 Å². The highest BCUT2D eigenvalue weighted by Crippen LogP contribution is 2.26. The molecule has 0 aliphatic rings. The summed E-state index contributed by atoms with van der Waals surface area (Å²) in [5.41, 5.74) is 5.07. The van der Waals surface area contributed by atoms with Gasteiger partial charge in [0.05, 0.1) is 22.4 Å². The Balaban J connectivity index is 1.63. The number of halogens is 1. The molecule has 0 aliphatic heterocycles. The van der Waals surface area contributed by atoms with Crippen molar-refractivity contribution in [3.8, 4) is 11.3 Å². The maximum Gasteiger partial charge on any atom is 0.303 e. The monoisotopic (exact) mass is 485 g/mol. The van der Waals surface area contributed by atoms with Crippen LogP contribution >= 0.6 is 0 Å². The zero-order valence-corrected chi connectivity index (χ0v) is 20.3. The Bertz CT molecular complexity index is 1370. The lowest BCUT2D eigenvalue weighted by atomic mass is 9.98. The maximum atomic E-state index is 13.2. The predicted molar refractivity (Wildman–Crippen MR) is 137 cm³/mol. The molecule has 36 heavy (non-hydrogen) atoms. The van der Waals surface area contributed by atoms with Crippen molar-refractivity contribution in [1.82, 2.24) is 14.9 Å². The first-order chi connectivity index (χ1) is 17.3. The summed E-state index contributed by atoms with van der Waals surface area (Å²) in [4.78, 5) is 35.5. The van der Waals surface area contributed by atoms with E-state index in [1.807, 2.05) is 37.3 Å². The van der Waals surface area contributed by atoms with Crippen LogP contribution in [0.15, 0.2) is 72.8 Å². The quantitative estimate of drug-likeness (QED) is 0.326. The molecule has 0 spiro atoms. The number of fused-ring (bicyclic) bond motifs is 1. The largest absolute Gasteiger partial charge is 0.481 e. The molecule has 6 nitrogen and oxygen atoms in total. The Morgan fingerprint density at radius 3 is 2.39 bits per heavy atom. The van der Waals surface area contributed by atoms with Crippen molar-refractivity contribution < 1.29 is 19.1 Å². The Morgan fingerprint density at radius 1 is 0.972 bits per heavy atom. The number of benzene rings is 3. The Hall–Kier alpha value is -4.13. The molecule has 4 aromatic rings. The van der Waals surface area contributed by atoms with Crippen LogP contribution in [-0.4, -0.2) is 38.9 Å². The van der Waals surface area contributed by atoms with Crippen LogP contribution in [0.5, 0.6) is 0 Å². The summed E-state index contributed by atoms with van der Waals surface area (Å²) in [6.45, 7) is 2.26. The molecule has 0 saturated heterocycles. The molecule has 3 aromatic carbocycles. The van der Waals surface area contributed by atoms with E-state index >= 15 is 0 Å². The summed E-state index contributed by atoms with van der Waals surface area (Å²) in [6, 6.07) is 21.1. The molecule has 184 valence electrons. The number of nitrogens with zero attached hydrogens (tertiary/aromatic N) is 3. The fourth-order valence-corrected chi connectivity index (χ4v) is 4.16. The lowest BCUT2D eigenvalue weighted by Gasteiger charge is -2.18. The molecule has 0 bridgehead atoms. The standard InChI is InChI=1S/C29H28FN3O3/c1-19(16-27(34)35)8-14-25-28(21-6-4-3-5-7-21)32-24-15-11-22(17-26(24)31-25)29(36)33(2)18-20-9-12-23(30)13-10-20/h3-7,9-13,15,17,19H,8,14,16,18H2,1-2H3,(H,34,35)/t19-/m0/s1. The minimum Gasteiger partial charge on any atom is -0.481 e. The molecule has 0 radical (unpaired) electrons. The molecule has 1 aromatic heterocycles. The highest BCUT2D eigenvalue weighted by atomic mass is 19.1. The van der Waals surface area contributed by atoms with Crippen LogP contribution in [0.4, 0.5) is 4.39 Å². The molecular formula is C29H28FN3O3. The molecule has 0 unspecified atom stereocenters. The SMILES string of the molecule is C[C@@H](CCc1nc2cc(C(=O)N(C)Cc3ccc(F)cc3)ccc2nc1-c1ccccc1)CC(=O)O. The molecule has 1 amide bonds. The number of hydrogen-bond acceptors (Lipinski definition) is 4. The van der Waals surface area contributed by atoms with Crippen LogP contribution in [0.1, 0.15) is 41.4 Å². The van der Waals surface area contributed by atoms with Gasteiger partial charge in [-0.1, -0.05) is 49.4 Å². The summed E-state index contributed by atoms with van der Waals surface area (Å²) >= 11 is 0. The van der Waals surface area contributed by atoms with Crippen molar-refractivity contribution in [2.45, 2.75) is 32.7 Å².